The van der Waals surface area contributed by atoms with E-state index in [9.17, 15) is 14.0 Å². The molecule has 9 nitrogen and oxygen atoms in total. The van der Waals surface area contributed by atoms with E-state index < -0.39 is 5.83 Å². The molecule has 3 heterocycles. The summed E-state index contributed by atoms with van der Waals surface area (Å²) in [6.45, 7) is 12.2. The third-order valence-electron chi connectivity index (χ3n) is 7.46. The Balaban J connectivity index is 1.77. The maximum absolute atomic E-state index is 14.3. The molecular weight excluding hydrogens is 509 g/mol. The number of anilines is 2. The van der Waals surface area contributed by atoms with E-state index in [-0.39, 0.29) is 41.2 Å². The lowest BCUT2D eigenvalue weighted by Crippen LogP contribution is -2.29. The Hall–Kier alpha value is -4.05. The predicted molar refractivity (Wildman–Crippen MR) is 158 cm³/mol. The van der Waals surface area contributed by atoms with Crippen molar-refractivity contribution in [1.29, 1.82) is 0 Å². The minimum Gasteiger partial charge on any atom is -0.376 e. The van der Waals surface area contributed by atoms with Crippen molar-refractivity contribution >= 4 is 34.7 Å². The zero-order chi connectivity index (χ0) is 29.0. The molecule has 40 heavy (non-hydrogen) atoms. The molecule has 1 saturated heterocycles. The number of aromatic nitrogens is 4. The van der Waals surface area contributed by atoms with Crippen LogP contribution in [0.15, 0.2) is 59.9 Å². The summed E-state index contributed by atoms with van der Waals surface area (Å²) in [5.74, 6) is -0.138. The Morgan fingerprint density at radius 1 is 1.30 bits per heavy atom. The number of rotatable bonds is 10. The van der Waals surface area contributed by atoms with Gasteiger partial charge in [-0.2, -0.15) is 4.98 Å². The largest absolute Gasteiger partial charge is 0.376 e. The van der Waals surface area contributed by atoms with Crippen molar-refractivity contribution in [1.82, 2.24) is 29.1 Å². The molecule has 0 bridgehead atoms. The topological polar surface area (TPSA) is 88.3 Å². The van der Waals surface area contributed by atoms with Gasteiger partial charge in [-0.05, 0) is 82.9 Å². The highest BCUT2D eigenvalue weighted by Gasteiger charge is 2.21. The molecule has 0 atom stereocenters. The highest BCUT2D eigenvalue weighted by molar-refractivity contribution is 5.82. The first-order valence-corrected chi connectivity index (χ1v) is 13.5. The number of likely N-dealkylation sites (tertiary alicyclic amines) is 1. The Kier molecular flexibility index (Phi) is 8.99. The highest BCUT2D eigenvalue weighted by atomic mass is 19.1. The number of fused-ring (bicyclic) bond motifs is 1. The molecule has 0 unspecified atom stereocenters. The van der Waals surface area contributed by atoms with Gasteiger partial charge in [-0.3, -0.25) is 9.59 Å². The van der Waals surface area contributed by atoms with Crippen molar-refractivity contribution in [2.75, 3.05) is 32.5 Å². The fourth-order valence-corrected chi connectivity index (χ4v) is 4.98. The first kappa shape index (κ1) is 28.9. The van der Waals surface area contributed by atoms with E-state index in [1.54, 1.807) is 12.3 Å². The van der Waals surface area contributed by atoms with E-state index in [2.05, 4.69) is 52.9 Å². The molecule has 1 aromatic carbocycles. The molecule has 0 amide bonds. The van der Waals surface area contributed by atoms with Gasteiger partial charge in [0.05, 0.1) is 12.2 Å². The first-order valence-electron chi connectivity index (χ1n) is 13.5. The molecular formula is C30H38FN7O2. The average Bonchev–Trinajstić information content (AvgIpc) is 3.19. The predicted octanol–water partition coefficient (Wildman–Crippen LogP) is 4.83. The lowest BCUT2D eigenvalue weighted by molar-refractivity contribution is -0.106. The quantitative estimate of drug-likeness (QED) is 0.168. The van der Waals surface area contributed by atoms with Crippen molar-refractivity contribution in [3.05, 3.63) is 76.6 Å². The second-order valence-electron chi connectivity index (χ2n) is 10.7. The fourth-order valence-electron chi connectivity index (χ4n) is 4.98. The van der Waals surface area contributed by atoms with E-state index in [0.717, 1.165) is 37.7 Å². The monoisotopic (exact) mass is 547 g/mol. The Labute approximate surface area is 234 Å². The van der Waals surface area contributed by atoms with Gasteiger partial charge in [-0.1, -0.05) is 12.1 Å². The van der Waals surface area contributed by atoms with Gasteiger partial charge in [0, 0.05) is 37.2 Å². The molecule has 4 rings (SSSR count). The van der Waals surface area contributed by atoms with Crippen molar-refractivity contribution in [3.8, 4) is 0 Å². The standard InChI is InChI=1S/C30H38FN7O2/c1-7-12-37-29(40)27-17-32-30(33-24-8-9-26(21(4)15-24)22-10-13-35(5)14-11-22)34-28(27)38(37)25(16-23(31)19-39)18-36(6)20(2)3/h7-9,15-20,22H,1,10-14H2,2-6H3,(H,32,33,34)/b23-16+,25-18+. The number of carbonyl (C=O) groups is 1. The molecule has 3 aromatic rings. The van der Waals surface area contributed by atoms with Crippen LogP contribution in [-0.4, -0.2) is 68.6 Å². The number of nitrogens with zero attached hydrogens (tertiary/aromatic N) is 6. The van der Waals surface area contributed by atoms with E-state index in [4.69, 9.17) is 0 Å². The van der Waals surface area contributed by atoms with Gasteiger partial charge in [-0.15, -0.1) is 6.58 Å². The molecule has 1 aliphatic heterocycles. The van der Waals surface area contributed by atoms with Crippen LogP contribution in [0, 0.1) is 6.92 Å². The summed E-state index contributed by atoms with van der Waals surface area (Å²) in [6, 6.07) is 6.35. The van der Waals surface area contributed by atoms with Crippen molar-refractivity contribution in [2.24, 2.45) is 0 Å². The van der Waals surface area contributed by atoms with Crippen LogP contribution >= 0.6 is 0 Å². The maximum Gasteiger partial charge on any atom is 0.278 e. The van der Waals surface area contributed by atoms with Gasteiger partial charge in [0.15, 0.2) is 17.8 Å². The summed E-state index contributed by atoms with van der Waals surface area (Å²) in [7, 11) is 3.99. The molecule has 0 radical (unpaired) electrons. The number of hydrogen-bond donors (Lipinski definition) is 1. The van der Waals surface area contributed by atoms with Gasteiger partial charge in [-0.25, -0.2) is 18.7 Å². The van der Waals surface area contributed by atoms with Crippen LogP contribution < -0.4 is 10.9 Å². The zero-order valence-corrected chi connectivity index (χ0v) is 23.9. The van der Waals surface area contributed by atoms with Crippen molar-refractivity contribution < 1.29 is 9.18 Å². The summed E-state index contributed by atoms with van der Waals surface area (Å²) in [5, 5.41) is 3.52. The number of aryl methyl sites for hydroxylation is 1. The summed E-state index contributed by atoms with van der Waals surface area (Å²) in [6.07, 6.45) is 8.21. The summed E-state index contributed by atoms with van der Waals surface area (Å²) < 4.78 is 17.2. The van der Waals surface area contributed by atoms with Crippen LogP contribution in [0.3, 0.4) is 0 Å². The molecule has 2 aromatic heterocycles. The van der Waals surface area contributed by atoms with E-state index in [1.807, 2.05) is 31.9 Å². The van der Waals surface area contributed by atoms with E-state index in [1.165, 1.54) is 26.7 Å². The molecule has 10 heteroatoms. The molecule has 1 aliphatic rings. The van der Waals surface area contributed by atoms with Gasteiger partial charge in [0.2, 0.25) is 5.95 Å². The minimum atomic E-state index is -0.976. The molecule has 0 saturated carbocycles. The number of benzene rings is 1. The molecule has 0 aliphatic carbocycles. The van der Waals surface area contributed by atoms with Crippen LogP contribution in [0.25, 0.3) is 16.7 Å². The molecule has 212 valence electrons. The molecule has 0 spiro atoms. The Morgan fingerprint density at radius 2 is 2.02 bits per heavy atom. The second kappa shape index (κ2) is 12.4. The second-order valence-corrected chi connectivity index (χ2v) is 10.7. The number of nitrogens with one attached hydrogen (secondary N) is 1. The summed E-state index contributed by atoms with van der Waals surface area (Å²) >= 11 is 0. The summed E-state index contributed by atoms with van der Waals surface area (Å²) in [4.78, 5) is 37.8. The number of hydrogen-bond acceptors (Lipinski definition) is 7. The molecule has 1 fully saturated rings. The Morgan fingerprint density at radius 3 is 2.65 bits per heavy atom. The van der Waals surface area contributed by atoms with Crippen LogP contribution in [0.4, 0.5) is 16.0 Å². The number of allylic oxidation sites excluding steroid dienone is 4. The maximum atomic E-state index is 14.3. The van der Waals surface area contributed by atoms with Crippen LogP contribution in [0.1, 0.15) is 43.7 Å². The minimum absolute atomic E-state index is 0.0803. The van der Waals surface area contributed by atoms with Crippen molar-refractivity contribution in [3.63, 3.8) is 0 Å². The smallest absolute Gasteiger partial charge is 0.278 e. The number of halogens is 1. The van der Waals surface area contributed by atoms with E-state index >= 15 is 0 Å². The van der Waals surface area contributed by atoms with Gasteiger partial charge >= 0.3 is 0 Å². The SMILES string of the molecule is C=CCn1c(=O)c2cnc(Nc3ccc(C4CCN(C)CC4)c(C)c3)nc2n1C(/C=C(/F)C=O)=C/N(C)C(C)C. The third-order valence-corrected chi connectivity index (χ3v) is 7.46. The zero-order valence-electron chi connectivity index (χ0n) is 23.9. The van der Waals surface area contributed by atoms with Crippen LogP contribution in [0.2, 0.25) is 0 Å². The van der Waals surface area contributed by atoms with Gasteiger partial charge in [0.25, 0.3) is 5.56 Å². The van der Waals surface area contributed by atoms with Crippen molar-refractivity contribution in [2.45, 2.75) is 52.1 Å². The first-order chi connectivity index (χ1) is 19.1. The van der Waals surface area contributed by atoms with Gasteiger partial charge < -0.3 is 15.1 Å². The lowest BCUT2D eigenvalue weighted by Gasteiger charge is -2.30. The summed E-state index contributed by atoms with van der Waals surface area (Å²) in [5.41, 5.74) is 3.58. The van der Waals surface area contributed by atoms with Gasteiger partial charge in [0.1, 0.15) is 5.39 Å². The number of piperidine rings is 1. The fraction of sp³-hybridized carbons (Fsp3) is 0.400. The normalized spacial score (nSPS) is 15.6. The number of aldehydes is 1. The van der Waals surface area contributed by atoms with Crippen LogP contribution in [0.5, 0.6) is 0 Å². The van der Waals surface area contributed by atoms with Crippen LogP contribution in [-0.2, 0) is 11.3 Å². The average molecular weight is 548 g/mol. The van der Waals surface area contributed by atoms with E-state index in [0.29, 0.717) is 11.9 Å². The Bertz CT molecular complexity index is 1510. The highest BCUT2D eigenvalue weighted by Crippen LogP contribution is 2.31. The number of carbonyl (C=O) groups excluding carboxylic acids is 1. The third kappa shape index (κ3) is 6.22. The molecule has 1 N–H and O–H groups in total. The lowest BCUT2D eigenvalue weighted by atomic mass is 9.87.